The van der Waals surface area contributed by atoms with E-state index in [-0.39, 0.29) is 17.3 Å². The quantitative estimate of drug-likeness (QED) is 0.777. The average molecular weight is 293 g/mol. The maximum atomic E-state index is 12.8. The lowest BCUT2D eigenvalue weighted by molar-refractivity contribution is -0.144. The van der Waals surface area contributed by atoms with Gasteiger partial charge in [-0.3, -0.25) is 0 Å². The number of rotatable bonds is 2. The average Bonchev–Trinajstić information content (AvgIpc) is 2.89. The summed E-state index contributed by atoms with van der Waals surface area (Å²) in [5.74, 6) is -0.863. The highest BCUT2D eigenvalue weighted by atomic mass is 19.4. The molecular weight excluding hydrogens is 283 g/mol. The third-order valence-corrected chi connectivity index (χ3v) is 2.91. The molecule has 0 aliphatic rings. The van der Waals surface area contributed by atoms with Crippen molar-refractivity contribution in [3.63, 3.8) is 0 Å². The van der Waals surface area contributed by atoms with Gasteiger partial charge in [0.2, 0.25) is 5.82 Å². The molecule has 0 aliphatic heterocycles. The lowest BCUT2D eigenvalue weighted by Gasteiger charge is -2.08. The second kappa shape index (κ2) is 4.76. The Balaban J connectivity index is 2.16. The van der Waals surface area contributed by atoms with Crippen LogP contribution in [0.15, 0.2) is 40.8 Å². The Morgan fingerprint density at radius 2 is 1.86 bits per heavy atom. The normalized spacial score (nSPS) is 11.8. The number of furan rings is 1. The van der Waals surface area contributed by atoms with Gasteiger partial charge in [-0.1, -0.05) is 18.2 Å². The van der Waals surface area contributed by atoms with Crippen molar-refractivity contribution in [1.29, 1.82) is 0 Å². The first-order chi connectivity index (χ1) is 9.97. The minimum absolute atomic E-state index is 0.0766. The summed E-state index contributed by atoms with van der Waals surface area (Å²) in [6.07, 6.45) is -4.62. The maximum Gasteiger partial charge on any atom is 0.451 e. The van der Waals surface area contributed by atoms with Crippen molar-refractivity contribution in [3.8, 4) is 11.5 Å². The van der Waals surface area contributed by atoms with Gasteiger partial charge in [-0.15, -0.1) is 0 Å². The van der Waals surface area contributed by atoms with Crippen LogP contribution in [0.2, 0.25) is 0 Å². The summed E-state index contributed by atoms with van der Waals surface area (Å²) in [6.45, 7) is 0. The number of para-hydroxylation sites is 1. The fraction of sp³-hybridized carbons (Fsp3) is 0.143. The third-order valence-electron chi connectivity index (χ3n) is 2.91. The van der Waals surface area contributed by atoms with Gasteiger partial charge in [0, 0.05) is 18.5 Å². The van der Waals surface area contributed by atoms with Crippen LogP contribution in [0.4, 0.5) is 19.0 Å². The van der Waals surface area contributed by atoms with Gasteiger partial charge in [0.05, 0.1) is 0 Å². The van der Waals surface area contributed by atoms with Crippen LogP contribution in [0.3, 0.4) is 0 Å². The lowest BCUT2D eigenvalue weighted by Crippen LogP contribution is -2.12. The number of nitrogens with one attached hydrogen (secondary N) is 1. The molecule has 2 heterocycles. The fourth-order valence-corrected chi connectivity index (χ4v) is 1.94. The van der Waals surface area contributed by atoms with Crippen molar-refractivity contribution in [2.75, 3.05) is 12.4 Å². The Labute approximate surface area is 117 Å². The van der Waals surface area contributed by atoms with Crippen LogP contribution >= 0.6 is 0 Å². The van der Waals surface area contributed by atoms with E-state index >= 15 is 0 Å². The van der Waals surface area contributed by atoms with Crippen LogP contribution in [0, 0.1) is 0 Å². The van der Waals surface area contributed by atoms with Gasteiger partial charge in [-0.2, -0.15) is 13.2 Å². The van der Waals surface area contributed by atoms with E-state index in [9.17, 15) is 13.2 Å². The van der Waals surface area contributed by atoms with E-state index < -0.39 is 12.0 Å². The van der Waals surface area contributed by atoms with Crippen LogP contribution < -0.4 is 5.32 Å². The van der Waals surface area contributed by atoms with Crippen LogP contribution in [-0.4, -0.2) is 17.0 Å². The molecule has 0 bridgehead atoms. The summed E-state index contributed by atoms with van der Waals surface area (Å²) >= 11 is 0. The van der Waals surface area contributed by atoms with Crippen molar-refractivity contribution >= 4 is 16.8 Å². The molecule has 0 radical (unpaired) electrons. The van der Waals surface area contributed by atoms with Gasteiger partial charge in [0.1, 0.15) is 17.1 Å². The fourth-order valence-electron chi connectivity index (χ4n) is 1.94. The zero-order chi connectivity index (χ0) is 15.0. The highest BCUT2D eigenvalue weighted by Gasteiger charge is 2.35. The number of alkyl halides is 3. The van der Waals surface area contributed by atoms with Gasteiger partial charge in [0.15, 0.2) is 5.76 Å². The van der Waals surface area contributed by atoms with Crippen molar-refractivity contribution in [1.82, 2.24) is 9.97 Å². The summed E-state index contributed by atoms with van der Waals surface area (Å²) in [7, 11) is 1.49. The molecule has 0 saturated carbocycles. The minimum atomic E-state index is -4.62. The molecule has 1 N–H and O–H groups in total. The number of benzene rings is 1. The van der Waals surface area contributed by atoms with E-state index in [0.29, 0.717) is 5.58 Å². The lowest BCUT2D eigenvalue weighted by atomic mass is 10.2. The summed E-state index contributed by atoms with van der Waals surface area (Å²) in [6, 6.07) is 10.2. The Hall–Kier alpha value is -2.57. The SMILES string of the molecule is CNc1cc(-c2cc3ccccc3o2)nc(C(F)(F)F)n1. The highest BCUT2D eigenvalue weighted by Crippen LogP contribution is 2.32. The Morgan fingerprint density at radius 1 is 1.10 bits per heavy atom. The number of fused-ring (bicyclic) bond motifs is 1. The zero-order valence-electron chi connectivity index (χ0n) is 10.9. The number of aromatic nitrogens is 2. The molecule has 0 spiro atoms. The van der Waals surface area contributed by atoms with E-state index in [1.54, 1.807) is 18.2 Å². The monoisotopic (exact) mass is 293 g/mol. The second-order valence-electron chi connectivity index (χ2n) is 4.36. The molecule has 108 valence electrons. The van der Waals surface area contributed by atoms with Crippen molar-refractivity contribution < 1.29 is 17.6 Å². The standard InChI is InChI=1S/C14H10F3N3O/c1-18-12-7-9(19-13(20-12)14(15,16)17)11-6-8-4-2-3-5-10(8)21-11/h2-7H,1H3,(H,18,19,20). The van der Waals surface area contributed by atoms with Crippen LogP contribution in [0.25, 0.3) is 22.4 Å². The molecule has 2 aromatic heterocycles. The summed E-state index contributed by atoms with van der Waals surface area (Å²) < 4.78 is 44.0. The Kier molecular flexibility index (Phi) is 3.04. The van der Waals surface area contributed by atoms with Crippen molar-refractivity contribution in [2.45, 2.75) is 6.18 Å². The van der Waals surface area contributed by atoms with Gasteiger partial charge >= 0.3 is 6.18 Å². The predicted octanol–water partition coefficient (Wildman–Crippen LogP) is 3.95. The molecule has 3 aromatic rings. The number of hydrogen-bond donors (Lipinski definition) is 1. The Bertz CT molecular complexity index is 763. The molecule has 0 amide bonds. The summed E-state index contributed by atoms with van der Waals surface area (Å²) in [4.78, 5) is 6.96. The van der Waals surface area contributed by atoms with Crippen molar-refractivity contribution in [2.24, 2.45) is 0 Å². The molecule has 7 heteroatoms. The van der Waals surface area contributed by atoms with Crippen LogP contribution in [-0.2, 0) is 6.18 Å². The zero-order valence-corrected chi connectivity index (χ0v) is 10.9. The number of anilines is 1. The van der Waals surface area contributed by atoms with E-state index in [1.807, 2.05) is 12.1 Å². The minimum Gasteiger partial charge on any atom is -0.454 e. The van der Waals surface area contributed by atoms with Crippen LogP contribution in [0.1, 0.15) is 5.82 Å². The number of hydrogen-bond acceptors (Lipinski definition) is 4. The largest absolute Gasteiger partial charge is 0.454 e. The topological polar surface area (TPSA) is 51.0 Å². The van der Waals surface area contributed by atoms with E-state index in [1.165, 1.54) is 13.1 Å². The van der Waals surface area contributed by atoms with E-state index in [4.69, 9.17) is 4.42 Å². The third kappa shape index (κ3) is 2.54. The van der Waals surface area contributed by atoms with Crippen molar-refractivity contribution in [3.05, 3.63) is 42.2 Å². The maximum absolute atomic E-state index is 12.8. The summed E-state index contributed by atoms with van der Waals surface area (Å²) in [5, 5.41) is 3.39. The number of nitrogens with zero attached hydrogens (tertiary/aromatic N) is 2. The van der Waals surface area contributed by atoms with Gasteiger partial charge in [0.25, 0.3) is 0 Å². The van der Waals surface area contributed by atoms with E-state index in [0.717, 1.165) is 5.39 Å². The van der Waals surface area contributed by atoms with Gasteiger partial charge < -0.3 is 9.73 Å². The van der Waals surface area contributed by atoms with Gasteiger partial charge in [-0.25, -0.2) is 9.97 Å². The first kappa shape index (κ1) is 13.4. The molecule has 0 aliphatic carbocycles. The molecular formula is C14H10F3N3O. The molecule has 0 saturated heterocycles. The van der Waals surface area contributed by atoms with E-state index in [2.05, 4.69) is 15.3 Å². The van der Waals surface area contributed by atoms with Crippen LogP contribution in [0.5, 0.6) is 0 Å². The van der Waals surface area contributed by atoms with Gasteiger partial charge in [-0.05, 0) is 12.1 Å². The molecule has 4 nitrogen and oxygen atoms in total. The first-order valence-corrected chi connectivity index (χ1v) is 6.10. The first-order valence-electron chi connectivity index (χ1n) is 6.10. The smallest absolute Gasteiger partial charge is 0.451 e. The molecule has 0 fully saturated rings. The summed E-state index contributed by atoms with van der Waals surface area (Å²) in [5.41, 5.74) is 0.670. The Morgan fingerprint density at radius 3 is 2.52 bits per heavy atom. The highest BCUT2D eigenvalue weighted by molar-refractivity contribution is 5.82. The molecule has 21 heavy (non-hydrogen) atoms. The molecule has 0 atom stereocenters. The predicted molar refractivity (Wildman–Crippen MR) is 71.8 cm³/mol. The second-order valence-corrected chi connectivity index (χ2v) is 4.36. The molecule has 3 rings (SSSR count). The number of halogens is 3. The molecule has 1 aromatic carbocycles. The molecule has 0 unspecified atom stereocenters.